The maximum atomic E-state index is 13.6. The Hall–Kier alpha value is -1.23. The third kappa shape index (κ3) is 4.22. The van der Waals surface area contributed by atoms with E-state index < -0.39 is 11.7 Å². The second-order valence-corrected chi connectivity index (χ2v) is 5.11. The lowest BCUT2D eigenvalue weighted by molar-refractivity contribution is 0.1000. The fourth-order valence-corrected chi connectivity index (χ4v) is 2.09. The highest BCUT2D eigenvalue weighted by molar-refractivity contribution is 7.98. The first-order valence-corrected chi connectivity index (χ1v) is 7.28. The van der Waals surface area contributed by atoms with Gasteiger partial charge in [-0.1, -0.05) is 0 Å². The summed E-state index contributed by atoms with van der Waals surface area (Å²) in [6.45, 7) is 2.45. The highest BCUT2D eigenvalue weighted by Gasteiger charge is 2.09. The summed E-state index contributed by atoms with van der Waals surface area (Å²) in [4.78, 5) is 11.1. The molecule has 0 saturated heterocycles. The van der Waals surface area contributed by atoms with Gasteiger partial charge in [-0.05, 0) is 43.9 Å². The first-order valence-electron chi connectivity index (χ1n) is 5.89. The first kappa shape index (κ1) is 14.8. The Morgan fingerprint density at radius 1 is 1.44 bits per heavy atom. The molecule has 1 amide bonds. The van der Waals surface area contributed by atoms with Crippen molar-refractivity contribution in [1.29, 1.82) is 0 Å². The van der Waals surface area contributed by atoms with Gasteiger partial charge in [0.2, 0.25) is 5.91 Å². The highest BCUT2D eigenvalue weighted by atomic mass is 32.2. The Kier molecular flexibility index (Phi) is 5.98. The molecule has 0 aliphatic heterocycles. The minimum absolute atomic E-state index is 0.199. The molecular weight excluding hydrogens is 251 g/mol. The number of thioether (sulfide) groups is 1. The molecule has 0 aliphatic carbocycles. The summed E-state index contributed by atoms with van der Waals surface area (Å²) in [7, 11) is 0. The number of hydrogen-bond donors (Lipinski definition) is 2. The Labute approximate surface area is 111 Å². The SMILES string of the molecule is CSCCCCNc1cc(C(N)=O)cc(F)c1C. The van der Waals surface area contributed by atoms with E-state index in [0.29, 0.717) is 11.3 Å². The molecule has 100 valence electrons. The predicted octanol–water partition coefficient (Wildman–Crippen LogP) is 2.79. The molecule has 0 unspecified atom stereocenters. The van der Waals surface area contributed by atoms with E-state index in [2.05, 4.69) is 11.6 Å². The van der Waals surface area contributed by atoms with Crippen molar-refractivity contribution in [2.75, 3.05) is 23.9 Å². The predicted molar refractivity (Wildman–Crippen MR) is 75.8 cm³/mol. The van der Waals surface area contributed by atoms with Gasteiger partial charge >= 0.3 is 0 Å². The number of halogens is 1. The number of primary amides is 1. The molecule has 0 saturated carbocycles. The number of nitrogens with two attached hydrogens (primary N) is 1. The van der Waals surface area contributed by atoms with Crippen molar-refractivity contribution in [1.82, 2.24) is 0 Å². The van der Waals surface area contributed by atoms with Crippen molar-refractivity contribution >= 4 is 23.4 Å². The summed E-state index contributed by atoms with van der Waals surface area (Å²) in [5.41, 5.74) is 6.52. The number of carbonyl (C=O) groups is 1. The highest BCUT2D eigenvalue weighted by Crippen LogP contribution is 2.20. The monoisotopic (exact) mass is 270 g/mol. The molecule has 1 aromatic rings. The van der Waals surface area contributed by atoms with Crippen molar-refractivity contribution in [3.8, 4) is 0 Å². The van der Waals surface area contributed by atoms with Crippen molar-refractivity contribution < 1.29 is 9.18 Å². The number of anilines is 1. The van der Waals surface area contributed by atoms with Crippen LogP contribution in [0.15, 0.2) is 12.1 Å². The van der Waals surface area contributed by atoms with Crippen LogP contribution in [0, 0.1) is 12.7 Å². The third-order valence-electron chi connectivity index (χ3n) is 2.72. The number of carbonyl (C=O) groups excluding carboxylic acids is 1. The minimum Gasteiger partial charge on any atom is -0.385 e. The maximum Gasteiger partial charge on any atom is 0.248 e. The molecule has 0 spiro atoms. The molecule has 0 atom stereocenters. The van der Waals surface area contributed by atoms with Crippen LogP contribution >= 0.6 is 11.8 Å². The topological polar surface area (TPSA) is 55.1 Å². The van der Waals surface area contributed by atoms with Crippen LogP contribution in [0.4, 0.5) is 10.1 Å². The van der Waals surface area contributed by atoms with Gasteiger partial charge in [0.05, 0.1) is 0 Å². The van der Waals surface area contributed by atoms with Crippen LogP contribution in [0.25, 0.3) is 0 Å². The van der Waals surface area contributed by atoms with Gasteiger partial charge in [-0.25, -0.2) is 4.39 Å². The van der Waals surface area contributed by atoms with E-state index in [1.165, 1.54) is 6.07 Å². The van der Waals surface area contributed by atoms with Crippen molar-refractivity contribution in [3.05, 3.63) is 29.1 Å². The standard InChI is InChI=1S/C13H19FN2OS/c1-9-11(14)7-10(13(15)17)8-12(9)16-5-3-4-6-18-2/h7-8,16H,3-6H2,1-2H3,(H2,15,17). The second-order valence-electron chi connectivity index (χ2n) is 4.12. The quantitative estimate of drug-likeness (QED) is 0.749. The van der Waals surface area contributed by atoms with E-state index in [1.54, 1.807) is 13.0 Å². The molecular formula is C13H19FN2OS. The van der Waals surface area contributed by atoms with Gasteiger partial charge in [0.15, 0.2) is 0 Å². The van der Waals surface area contributed by atoms with Crippen LogP contribution in [0.1, 0.15) is 28.8 Å². The molecule has 3 nitrogen and oxygen atoms in total. The molecule has 0 radical (unpaired) electrons. The first-order chi connectivity index (χ1) is 8.56. The molecule has 0 aliphatic rings. The van der Waals surface area contributed by atoms with Gasteiger partial charge in [-0.3, -0.25) is 4.79 Å². The normalized spacial score (nSPS) is 10.4. The Balaban J connectivity index is 2.66. The van der Waals surface area contributed by atoms with E-state index in [9.17, 15) is 9.18 Å². The zero-order valence-corrected chi connectivity index (χ0v) is 11.6. The molecule has 0 fully saturated rings. The molecule has 18 heavy (non-hydrogen) atoms. The summed E-state index contributed by atoms with van der Waals surface area (Å²) >= 11 is 1.81. The lowest BCUT2D eigenvalue weighted by Gasteiger charge is -2.11. The van der Waals surface area contributed by atoms with Crippen LogP contribution < -0.4 is 11.1 Å². The van der Waals surface area contributed by atoms with Crippen LogP contribution in [-0.4, -0.2) is 24.5 Å². The zero-order chi connectivity index (χ0) is 13.5. The number of rotatable bonds is 7. The zero-order valence-electron chi connectivity index (χ0n) is 10.8. The molecule has 0 aromatic heterocycles. The fourth-order valence-electron chi connectivity index (χ4n) is 1.60. The lowest BCUT2D eigenvalue weighted by Crippen LogP contribution is -2.13. The van der Waals surface area contributed by atoms with Crippen molar-refractivity contribution in [2.45, 2.75) is 19.8 Å². The van der Waals surface area contributed by atoms with Crippen molar-refractivity contribution in [2.24, 2.45) is 5.73 Å². The minimum atomic E-state index is -0.612. The Bertz CT molecular complexity index is 424. The molecule has 1 aromatic carbocycles. The molecule has 1 rings (SSSR count). The molecule has 0 bridgehead atoms. The van der Waals surface area contributed by atoms with Crippen LogP contribution in [0.5, 0.6) is 0 Å². The Morgan fingerprint density at radius 2 is 2.17 bits per heavy atom. The van der Waals surface area contributed by atoms with Gasteiger partial charge in [-0.15, -0.1) is 0 Å². The smallest absolute Gasteiger partial charge is 0.248 e. The number of benzene rings is 1. The maximum absolute atomic E-state index is 13.6. The van der Waals surface area contributed by atoms with E-state index in [-0.39, 0.29) is 5.56 Å². The van der Waals surface area contributed by atoms with Crippen LogP contribution in [0.2, 0.25) is 0 Å². The summed E-state index contributed by atoms with van der Waals surface area (Å²) in [5.74, 6) is 0.105. The number of nitrogens with one attached hydrogen (secondary N) is 1. The van der Waals surface area contributed by atoms with E-state index in [4.69, 9.17) is 5.73 Å². The van der Waals surface area contributed by atoms with Crippen molar-refractivity contribution in [3.63, 3.8) is 0 Å². The summed E-state index contributed by atoms with van der Waals surface area (Å²) in [6.07, 6.45) is 4.21. The van der Waals surface area contributed by atoms with E-state index in [0.717, 1.165) is 25.1 Å². The summed E-state index contributed by atoms with van der Waals surface area (Å²) in [6, 6.07) is 2.78. The van der Waals surface area contributed by atoms with Crippen LogP contribution in [-0.2, 0) is 0 Å². The number of hydrogen-bond acceptors (Lipinski definition) is 3. The number of amides is 1. The summed E-state index contributed by atoms with van der Waals surface area (Å²) < 4.78 is 13.6. The largest absolute Gasteiger partial charge is 0.385 e. The van der Waals surface area contributed by atoms with E-state index >= 15 is 0 Å². The van der Waals surface area contributed by atoms with Crippen LogP contribution in [0.3, 0.4) is 0 Å². The lowest BCUT2D eigenvalue weighted by atomic mass is 10.1. The van der Waals surface area contributed by atoms with Gasteiger partial charge in [0.1, 0.15) is 5.82 Å². The average Bonchev–Trinajstić information content (AvgIpc) is 2.33. The molecule has 0 heterocycles. The molecule has 3 N–H and O–H groups in total. The van der Waals surface area contributed by atoms with Gasteiger partial charge < -0.3 is 11.1 Å². The summed E-state index contributed by atoms with van der Waals surface area (Å²) in [5, 5.41) is 3.15. The Morgan fingerprint density at radius 3 is 2.78 bits per heavy atom. The fraction of sp³-hybridized carbons (Fsp3) is 0.462. The average molecular weight is 270 g/mol. The number of unbranched alkanes of at least 4 members (excludes halogenated alkanes) is 1. The van der Waals surface area contributed by atoms with Gasteiger partial charge in [-0.2, -0.15) is 11.8 Å². The van der Waals surface area contributed by atoms with Gasteiger partial charge in [0.25, 0.3) is 0 Å². The molecule has 5 heteroatoms. The van der Waals surface area contributed by atoms with Gasteiger partial charge in [0, 0.05) is 23.4 Å². The van der Waals surface area contributed by atoms with E-state index in [1.807, 2.05) is 11.8 Å². The second kappa shape index (κ2) is 7.26. The third-order valence-corrected chi connectivity index (χ3v) is 3.42.